The number of thiazole rings is 1. The Morgan fingerprint density at radius 2 is 1.89 bits per heavy atom. The van der Waals surface area contributed by atoms with Crippen molar-refractivity contribution in [2.75, 3.05) is 11.5 Å². The highest BCUT2D eigenvalue weighted by atomic mass is 32.1. The zero-order valence-electron chi connectivity index (χ0n) is 19.9. The van der Waals surface area contributed by atoms with Gasteiger partial charge in [-0.1, -0.05) is 66.0 Å². The highest BCUT2D eigenvalue weighted by molar-refractivity contribution is 7.17. The minimum atomic E-state index is -1.04. The van der Waals surface area contributed by atoms with Gasteiger partial charge in [0.05, 0.1) is 17.3 Å². The average molecular weight is 507 g/mol. The molecular weight excluding hydrogens is 483 g/mol. The van der Waals surface area contributed by atoms with Crippen LogP contribution in [-0.2, 0) is 14.3 Å². The van der Waals surface area contributed by atoms with Crippen molar-refractivity contribution in [3.63, 3.8) is 0 Å². The van der Waals surface area contributed by atoms with Crippen LogP contribution in [0.2, 0.25) is 0 Å². The van der Waals surface area contributed by atoms with E-state index in [1.165, 1.54) is 18.2 Å². The molecule has 1 saturated heterocycles. The van der Waals surface area contributed by atoms with Crippen molar-refractivity contribution < 1.29 is 28.6 Å². The average Bonchev–Trinajstić information content (AvgIpc) is 3.36. The Morgan fingerprint density at radius 1 is 1.19 bits per heavy atom. The zero-order chi connectivity index (χ0) is 26.1. The van der Waals surface area contributed by atoms with E-state index >= 15 is 0 Å². The molecule has 9 heteroatoms. The molecule has 1 amide bonds. The van der Waals surface area contributed by atoms with Crippen LogP contribution in [0.3, 0.4) is 0 Å². The summed E-state index contributed by atoms with van der Waals surface area (Å²) in [6.07, 6.45) is 1.43. The maximum atomic E-state index is 14.3. The lowest BCUT2D eigenvalue weighted by molar-refractivity contribution is -0.132. The highest BCUT2D eigenvalue weighted by Crippen LogP contribution is 2.44. The zero-order valence-corrected chi connectivity index (χ0v) is 20.7. The van der Waals surface area contributed by atoms with Crippen molar-refractivity contribution in [2.24, 2.45) is 0 Å². The van der Waals surface area contributed by atoms with Gasteiger partial charge < -0.3 is 9.84 Å². The first kappa shape index (κ1) is 25.0. The minimum Gasteiger partial charge on any atom is -0.507 e. The number of amides is 1. The van der Waals surface area contributed by atoms with Gasteiger partial charge in [-0.05, 0) is 38.0 Å². The Kier molecular flexibility index (Phi) is 6.85. The molecule has 2 heterocycles. The van der Waals surface area contributed by atoms with Gasteiger partial charge in [-0.15, -0.1) is 0 Å². The van der Waals surface area contributed by atoms with E-state index in [1.807, 2.05) is 19.1 Å². The number of hydrogen-bond acceptors (Lipinski definition) is 7. The van der Waals surface area contributed by atoms with Crippen molar-refractivity contribution in [3.8, 4) is 0 Å². The van der Waals surface area contributed by atoms with Crippen molar-refractivity contribution >= 4 is 39.9 Å². The number of aryl methyl sites for hydroxylation is 3. The van der Waals surface area contributed by atoms with Crippen LogP contribution in [0.5, 0.6) is 0 Å². The summed E-state index contributed by atoms with van der Waals surface area (Å²) in [5.74, 6) is -3.55. The van der Waals surface area contributed by atoms with Crippen LogP contribution in [0.4, 0.5) is 9.52 Å². The van der Waals surface area contributed by atoms with Crippen molar-refractivity contribution in [3.05, 3.63) is 99.3 Å². The van der Waals surface area contributed by atoms with Gasteiger partial charge in [0.25, 0.3) is 5.78 Å². The normalized spacial score (nSPS) is 16.9. The molecule has 1 aliphatic heterocycles. The van der Waals surface area contributed by atoms with Crippen LogP contribution >= 0.6 is 11.3 Å². The van der Waals surface area contributed by atoms with E-state index in [1.54, 1.807) is 26.0 Å². The smallest absolute Gasteiger partial charge is 0.350 e. The molecule has 36 heavy (non-hydrogen) atoms. The minimum absolute atomic E-state index is 0.00645. The number of anilines is 1. The molecule has 184 valence electrons. The summed E-state index contributed by atoms with van der Waals surface area (Å²) in [7, 11) is 0. The fourth-order valence-corrected chi connectivity index (χ4v) is 4.85. The molecule has 0 spiro atoms. The van der Waals surface area contributed by atoms with Crippen molar-refractivity contribution in [1.82, 2.24) is 4.98 Å². The molecule has 1 N–H and O–H groups in total. The number of hydrogen-bond donors (Lipinski definition) is 1. The largest absolute Gasteiger partial charge is 0.507 e. The number of aliphatic hydroxyl groups excluding tert-OH is 1. The number of Topliss-reactive ketones (excluding diaryl/α,β-unsaturated/α-hetero) is 1. The van der Waals surface area contributed by atoms with Gasteiger partial charge in [0.2, 0.25) is 0 Å². The van der Waals surface area contributed by atoms with Crippen molar-refractivity contribution in [1.29, 1.82) is 0 Å². The first-order chi connectivity index (χ1) is 17.1. The van der Waals surface area contributed by atoms with Crippen molar-refractivity contribution in [2.45, 2.75) is 26.8 Å². The number of esters is 1. The molecule has 1 unspecified atom stereocenters. The molecule has 0 saturated carbocycles. The standard InChI is InChI=1S/C27H23FN2O5S/c1-5-12-35-26(34)24-16(4)29-27(36-24)30-21(17-9-6-14(2)7-10-17)20(23(32)25(30)33)22(31)18-11-8-15(3)19(28)13-18/h5-11,13,21,31H,1,12H2,2-4H3/b22-20+. The van der Waals surface area contributed by atoms with Gasteiger partial charge in [0.1, 0.15) is 23.1 Å². The van der Waals surface area contributed by atoms with E-state index in [9.17, 15) is 23.9 Å². The van der Waals surface area contributed by atoms with Gasteiger partial charge in [0.15, 0.2) is 5.13 Å². The van der Waals surface area contributed by atoms with E-state index in [0.29, 0.717) is 16.8 Å². The van der Waals surface area contributed by atoms with Crippen LogP contribution in [0.15, 0.2) is 60.7 Å². The monoisotopic (exact) mass is 506 g/mol. The van der Waals surface area contributed by atoms with Gasteiger partial charge in [-0.25, -0.2) is 14.2 Å². The molecule has 3 aromatic rings. The second-order valence-corrected chi connectivity index (χ2v) is 9.32. The Hall–Kier alpha value is -4.11. The SMILES string of the molecule is C=CCOC(=O)c1sc(N2C(=O)C(=O)/C(=C(/O)c3ccc(C)c(F)c3)C2c2ccc(C)cc2)nc1C. The quantitative estimate of drug-likeness (QED) is 0.163. The van der Waals surface area contributed by atoms with Crippen LogP contribution in [0, 0.1) is 26.6 Å². The van der Waals surface area contributed by atoms with E-state index in [2.05, 4.69) is 11.6 Å². The lowest BCUT2D eigenvalue weighted by Gasteiger charge is -2.23. The molecule has 7 nitrogen and oxygen atoms in total. The first-order valence-corrected chi connectivity index (χ1v) is 11.8. The van der Waals surface area contributed by atoms with Gasteiger partial charge in [0, 0.05) is 5.56 Å². The molecule has 1 aliphatic rings. The summed E-state index contributed by atoms with van der Waals surface area (Å²) in [5, 5.41) is 11.2. The summed E-state index contributed by atoms with van der Waals surface area (Å²) in [5.41, 5.74) is 2.06. The number of rotatable bonds is 6. The number of carbonyl (C=O) groups excluding carboxylic acids is 3. The van der Waals surface area contributed by atoms with E-state index < -0.39 is 35.3 Å². The predicted octanol–water partition coefficient (Wildman–Crippen LogP) is 5.18. The summed E-state index contributed by atoms with van der Waals surface area (Å²) in [4.78, 5) is 44.7. The molecule has 1 atom stereocenters. The molecule has 1 aromatic heterocycles. The second kappa shape index (κ2) is 9.87. The Balaban J connectivity index is 1.89. The van der Waals surface area contributed by atoms with E-state index in [0.717, 1.165) is 27.9 Å². The number of carbonyl (C=O) groups is 3. The molecule has 1 fully saturated rings. The molecular formula is C27H23FN2O5S. The summed E-state index contributed by atoms with van der Waals surface area (Å²) in [6.45, 7) is 8.58. The van der Waals surface area contributed by atoms with E-state index in [-0.39, 0.29) is 27.8 Å². The topological polar surface area (TPSA) is 96.8 Å². The fraction of sp³-hybridized carbons (Fsp3) is 0.185. The maximum absolute atomic E-state index is 14.3. The lowest BCUT2D eigenvalue weighted by atomic mass is 9.94. The number of aliphatic hydroxyl groups is 1. The Morgan fingerprint density at radius 3 is 2.53 bits per heavy atom. The third-order valence-corrected chi connectivity index (χ3v) is 6.93. The molecule has 0 radical (unpaired) electrons. The van der Waals surface area contributed by atoms with Crippen LogP contribution < -0.4 is 4.90 Å². The number of nitrogens with zero attached hydrogens (tertiary/aromatic N) is 2. The fourth-order valence-electron chi connectivity index (χ4n) is 3.86. The predicted molar refractivity (Wildman–Crippen MR) is 134 cm³/mol. The highest BCUT2D eigenvalue weighted by Gasteiger charge is 2.48. The molecule has 2 aromatic carbocycles. The summed E-state index contributed by atoms with van der Waals surface area (Å²) < 4.78 is 19.4. The van der Waals surface area contributed by atoms with Crippen LogP contribution in [-0.4, -0.2) is 34.4 Å². The number of aromatic nitrogens is 1. The summed E-state index contributed by atoms with van der Waals surface area (Å²) in [6, 6.07) is 10.1. The molecule has 0 aliphatic carbocycles. The third-order valence-electron chi connectivity index (χ3n) is 5.79. The number of ether oxygens (including phenoxy) is 1. The van der Waals surface area contributed by atoms with Gasteiger partial charge in [-0.3, -0.25) is 14.5 Å². The maximum Gasteiger partial charge on any atom is 0.350 e. The van der Waals surface area contributed by atoms with Crippen LogP contribution in [0.1, 0.15) is 43.7 Å². The van der Waals surface area contributed by atoms with Crippen LogP contribution in [0.25, 0.3) is 5.76 Å². The summed E-state index contributed by atoms with van der Waals surface area (Å²) >= 11 is 0.905. The Bertz CT molecular complexity index is 1420. The van der Waals surface area contributed by atoms with Gasteiger partial charge in [-0.2, -0.15) is 0 Å². The van der Waals surface area contributed by atoms with E-state index in [4.69, 9.17) is 4.74 Å². The lowest BCUT2D eigenvalue weighted by Crippen LogP contribution is -2.29. The third kappa shape index (κ3) is 4.45. The molecule has 4 rings (SSSR count). The second-order valence-electron chi connectivity index (χ2n) is 8.34. The first-order valence-electron chi connectivity index (χ1n) is 11.0. The number of ketones is 1. The number of benzene rings is 2. The molecule has 0 bridgehead atoms. The number of halogens is 1. The Labute approximate surface area is 211 Å². The van der Waals surface area contributed by atoms with Gasteiger partial charge >= 0.3 is 11.9 Å².